The fraction of sp³-hybridized carbons (Fsp3) is 0.286. The van der Waals surface area contributed by atoms with Gasteiger partial charge >= 0.3 is 0 Å². The number of nitrogens with one attached hydrogen (secondary N) is 1. The Morgan fingerprint density at radius 2 is 1.96 bits per heavy atom. The topological polar surface area (TPSA) is 62.3 Å². The van der Waals surface area contributed by atoms with E-state index in [1.807, 2.05) is 29.2 Å². The summed E-state index contributed by atoms with van der Waals surface area (Å²) >= 11 is 3.28. The number of anilines is 1. The third-order valence-electron chi connectivity index (χ3n) is 5.30. The molecule has 2 aromatic carbocycles. The summed E-state index contributed by atoms with van der Waals surface area (Å²) in [5, 5.41) is 4.04. The molecule has 3 aromatic rings. The van der Waals surface area contributed by atoms with E-state index in [1.165, 1.54) is 21.5 Å². The summed E-state index contributed by atoms with van der Waals surface area (Å²) < 4.78 is 1.23. The molecule has 1 saturated heterocycles. The number of piperidine rings is 1. The van der Waals surface area contributed by atoms with Gasteiger partial charge in [-0.05, 0) is 43.2 Å². The lowest BCUT2D eigenvalue weighted by Crippen LogP contribution is -2.38. The van der Waals surface area contributed by atoms with Crippen molar-refractivity contribution in [2.45, 2.75) is 23.7 Å². The van der Waals surface area contributed by atoms with Crippen molar-refractivity contribution in [3.05, 3.63) is 53.0 Å². The first-order chi connectivity index (χ1) is 13.7. The number of hydrogen-bond donors (Lipinski definition) is 1. The highest BCUT2D eigenvalue weighted by molar-refractivity contribution is 8.00. The summed E-state index contributed by atoms with van der Waals surface area (Å²) in [5.41, 5.74) is 2.45. The first-order valence-electron chi connectivity index (χ1n) is 9.39. The lowest BCUT2D eigenvalue weighted by molar-refractivity contribution is -0.113. The highest BCUT2D eigenvalue weighted by atomic mass is 32.2. The van der Waals surface area contributed by atoms with Crippen LogP contribution in [-0.2, 0) is 4.79 Å². The minimum Gasteiger partial charge on any atom is -0.339 e. The van der Waals surface area contributed by atoms with Gasteiger partial charge in [0.25, 0.3) is 5.91 Å². The summed E-state index contributed by atoms with van der Waals surface area (Å²) in [4.78, 5) is 32.3. The Morgan fingerprint density at radius 3 is 2.79 bits per heavy atom. The van der Waals surface area contributed by atoms with Crippen LogP contribution in [0.4, 0.5) is 5.69 Å². The number of amides is 2. The van der Waals surface area contributed by atoms with Crippen molar-refractivity contribution in [1.82, 2.24) is 9.88 Å². The number of carbonyl (C=O) groups excluding carboxylic acids is 2. The minimum absolute atomic E-state index is 0.0150. The van der Waals surface area contributed by atoms with Crippen LogP contribution in [-0.4, -0.2) is 40.5 Å². The maximum Gasteiger partial charge on any atom is 0.253 e. The zero-order valence-electron chi connectivity index (χ0n) is 15.2. The van der Waals surface area contributed by atoms with Crippen molar-refractivity contribution >= 4 is 50.8 Å². The monoisotopic (exact) mass is 409 g/mol. The van der Waals surface area contributed by atoms with E-state index >= 15 is 0 Å². The van der Waals surface area contributed by atoms with E-state index in [0.717, 1.165) is 42.0 Å². The number of thiazole rings is 1. The van der Waals surface area contributed by atoms with Crippen LogP contribution in [0.15, 0.2) is 47.4 Å². The summed E-state index contributed by atoms with van der Waals surface area (Å²) in [6.07, 6.45) is 1.87. The van der Waals surface area contributed by atoms with E-state index < -0.39 is 0 Å². The summed E-state index contributed by atoms with van der Waals surface area (Å²) in [6, 6.07) is 13.8. The zero-order chi connectivity index (χ0) is 19.1. The molecule has 0 spiro atoms. The first kappa shape index (κ1) is 17.7. The molecule has 0 unspecified atom stereocenters. The molecule has 5 rings (SSSR count). The Labute approximate surface area is 171 Å². The number of rotatable bonds is 2. The maximum absolute atomic E-state index is 12.9. The van der Waals surface area contributed by atoms with Gasteiger partial charge in [-0.15, -0.1) is 23.1 Å². The van der Waals surface area contributed by atoms with Crippen LogP contribution in [0, 0.1) is 0 Å². The molecule has 7 heteroatoms. The lowest BCUT2D eigenvalue weighted by atomic mass is 9.97. The van der Waals surface area contributed by atoms with Gasteiger partial charge < -0.3 is 10.2 Å². The third-order valence-corrected chi connectivity index (χ3v) is 7.57. The molecule has 5 nitrogen and oxygen atoms in total. The standard InChI is InChI=1S/C21H19N3O2S2/c25-19-12-27-17-6-5-14(11-16(17)22-19)21(26)24-9-7-13(8-10-24)20-23-15-3-1-2-4-18(15)28-20/h1-6,11,13H,7-10,12H2,(H,22,25). The molecule has 1 fully saturated rings. The van der Waals surface area contributed by atoms with E-state index in [0.29, 0.717) is 17.2 Å². The number of likely N-dealkylation sites (tertiary alicyclic amines) is 1. The molecule has 1 aromatic heterocycles. The van der Waals surface area contributed by atoms with Gasteiger partial charge in [0.2, 0.25) is 5.91 Å². The highest BCUT2D eigenvalue weighted by Crippen LogP contribution is 2.35. The fourth-order valence-corrected chi connectivity index (χ4v) is 5.72. The van der Waals surface area contributed by atoms with E-state index in [4.69, 9.17) is 4.98 Å². The molecule has 3 heterocycles. The predicted octanol–water partition coefficient (Wildman–Crippen LogP) is 4.36. The number of para-hydroxylation sites is 1. The van der Waals surface area contributed by atoms with Crippen molar-refractivity contribution in [2.24, 2.45) is 0 Å². The second-order valence-corrected chi connectivity index (χ2v) is 9.21. The molecule has 2 amide bonds. The number of benzene rings is 2. The van der Waals surface area contributed by atoms with Crippen molar-refractivity contribution in [2.75, 3.05) is 24.2 Å². The third kappa shape index (κ3) is 3.29. The molecule has 142 valence electrons. The van der Waals surface area contributed by atoms with Gasteiger partial charge in [-0.25, -0.2) is 4.98 Å². The van der Waals surface area contributed by atoms with Gasteiger partial charge in [0.1, 0.15) is 0 Å². The van der Waals surface area contributed by atoms with Gasteiger partial charge in [0, 0.05) is 29.5 Å². The van der Waals surface area contributed by atoms with Gasteiger partial charge in [-0.3, -0.25) is 9.59 Å². The van der Waals surface area contributed by atoms with E-state index in [1.54, 1.807) is 17.4 Å². The highest BCUT2D eigenvalue weighted by Gasteiger charge is 2.27. The molecule has 2 aliphatic heterocycles. The van der Waals surface area contributed by atoms with E-state index in [-0.39, 0.29) is 11.8 Å². The van der Waals surface area contributed by atoms with Crippen molar-refractivity contribution < 1.29 is 9.59 Å². The Kier molecular flexibility index (Phi) is 4.56. The Hall–Kier alpha value is -2.38. The molecule has 1 N–H and O–H groups in total. The van der Waals surface area contributed by atoms with Crippen LogP contribution in [0.1, 0.15) is 34.1 Å². The van der Waals surface area contributed by atoms with E-state index in [9.17, 15) is 9.59 Å². The molecule has 0 saturated carbocycles. The maximum atomic E-state index is 12.9. The first-order valence-corrected chi connectivity index (χ1v) is 11.2. The average Bonchev–Trinajstić information content (AvgIpc) is 3.17. The Morgan fingerprint density at radius 1 is 1.14 bits per heavy atom. The summed E-state index contributed by atoms with van der Waals surface area (Å²) in [5.74, 6) is 0.870. The van der Waals surface area contributed by atoms with Crippen LogP contribution in [0.3, 0.4) is 0 Å². The SMILES string of the molecule is O=C1CSc2ccc(C(=O)N3CCC(c4nc5ccccc5s4)CC3)cc2N1. The van der Waals surface area contributed by atoms with Crippen LogP contribution >= 0.6 is 23.1 Å². The lowest BCUT2D eigenvalue weighted by Gasteiger charge is -2.31. The van der Waals surface area contributed by atoms with Crippen LogP contribution in [0.5, 0.6) is 0 Å². The molecular formula is C21H19N3O2S2. The van der Waals surface area contributed by atoms with Crippen molar-refractivity contribution in [3.8, 4) is 0 Å². The molecule has 0 atom stereocenters. The van der Waals surface area contributed by atoms with Crippen LogP contribution in [0.25, 0.3) is 10.2 Å². The summed E-state index contributed by atoms with van der Waals surface area (Å²) in [6.45, 7) is 1.47. The predicted molar refractivity (Wildman–Crippen MR) is 113 cm³/mol. The molecule has 2 aliphatic rings. The number of thioether (sulfide) groups is 1. The number of hydrogen-bond acceptors (Lipinski definition) is 5. The summed E-state index contributed by atoms with van der Waals surface area (Å²) in [7, 11) is 0. The van der Waals surface area contributed by atoms with Crippen molar-refractivity contribution in [3.63, 3.8) is 0 Å². The van der Waals surface area contributed by atoms with Gasteiger partial charge in [0.05, 0.1) is 26.7 Å². The molecule has 0 bridgehead atoms. The number of nitrogens with zero attached hydrogens (tertiary/aromatic N) is 2. The van der Waals surface area contributed by atoms with Gasteiger partial charge in [-0.2, -0.15) is 0 Å². The molecule has 28 heavy (non-hydrogen) atoms. The normalized spacial score (nSPS) is 17.4. The second-order valence-electron chi connectivity index (χ2n) is 7.13. The van der Waals surface area contributed by atoms with Crippen molar-refractivity contribution in [1.29, 1.82) is 0 Å². The molecule has 0 aliphatic carbocycles. The minimum atomic E-state index is -0.0150. The molecule has 0 radical (unpaired) electrons. The fourth-order valence-electron chi connectivity index (χ4n) is 3.79. The zero-order valence-corrected chi connectivity index (χ0v) is 16.8. The van der Waals surface area contributed by atoms with Crippen LogP contribution < -0.4 is 5.32 Å². The second kappa shape index (κ2) is 7.22. The van der Waals surface area contributed by atoms with E-state index in [2.05, 4.69) is 17.4 Å². The Balaban J connectivity index is 1.28. The van der Waals surface area contributed by atoms with Crippen LogP contribution in [0.2, 0.25) is 0 Å². The number of carbonyl (C=O) groups is 2. The molecular weight excluding hydrogens is 390 g/mol. The smallest absolute Gasteiger partial charge is 0.253 e. The largest absolute Gasteiger partial charge is 0.339 e. The van der Waals surface area contributed by atoms with Gasteiger partial charge in [-0.1, -0.05) is 12.1 Å². The number of fused-ring (bicyclic) bond motifs is 2. The average molecular weight is 410 g/mol. The quantitative estimate of drug-likeness (QED) is 0.683. The van der Waals surface area contributed by atoms with Gasteiger partial charge in [0.15, 0.2) is 0 Å². The Bertz CT molecular complexity index is 1040. The number of aromatic nitrogens is 1.